The van der Waals surface area contributed by atoms with E-state index in [1.54, 1.807) is 6.92 Å². The van der Waals surface area contributed by atoms with E-state index in [1.807, 2.05) is 0 Å². The number of aliphatic hydroxyl groups excluding tert-OH is 1. The van der Waals surface area contributed by atoms with Crippen LogP contribution < -0.4 is 0 Å². The fourth-order valence-corrected chi connectivity index (χ4v) is 2.12. The monoisotopic (exact) mass is 202 g/mol. The predicted molar refractivity (Wildman–Crippen MR) is 48.5 cm³/mol. The third-order valence-electron chi connectivity index (χ3n) is 2.98. The lowest BCUT2D eigenvalue weighted by molar-refractivity contribution is -0.794. The first-order chi connectivity index (χ1) is 6.43. The molecule has 1 rings (SSSR count). The number of imide groups is 1. The summed E-state index contributed by atoms with van der Waals surface area (Å²) in [5.74, 6) is -0.609. The van der Waals surface area contributed by atoms with Crippen molar-refractivity contribution >= 4 is 12.0 Å². The van der Waals surface area contributed by atoms with Crippen molar-refractivity contribution in [1.29, 1.82) is 0 Å². The number of aliphatic hydroxyl groups is 1. The molecule has 0 aromatic carbocycles. The third-order valence-corrected chi connectivity index (χ3v) is 2.98. The van der Waals surface area contributed by atoms with Crippen LogP contribution in [-0.2, 0) is 4.79 Å². The zero-order valence-corrected chi connectivity index (χ0v) is 8.43. The average Bonchev–Trinajstić information content (AvgIpc) is 2.46. The van der Waals surface area contributed by atoms with Crippen LogP contribution in [0.2, 0.25) is 0 Å². The molecule has 0 spiro atoms. The summed E-state index contributed by atoms with van der Waals surface area (Å²) in [5, 5.41) is 18.3. The van der Waals surface area contributed by atoms with Crippen LogP contribution in [0.3, 0.4) is 0 Å². The Kier molecular flexibility index (Phi) is 2.92. The first-order valence-corrected chi connectivity index (χ1v) is 4.76. The number of quaternary nitrogens is 1. The maximum absolute atomic E-state index is 11.7. The highest BCUT2D eigenvalue weighted by Crippen LogP contribution is 2.28. The third kappa shape index (κ3) is 1.42. The van der Waals surface area contributed by atoms with E-state index in [9.17, 15) is 14.7 Å². The largest absolute Gasteiger partial charge is 0.521 e. The van der Waals surface area contributed by atoms with Gasteiger partial charge in [-0.3, -0.25) is 0 Å². The molecule has 2 amide bonds. The van der Waals surface area contributed by atoms with E-state index in [4.69, 9.17) is 5.11 Å². The molecule has 80 valence electrons. The number of carboxylic acid groups (broad SMARTS) is 1. The maximum atomic E-state index is 11.7. The van der Waals surface area contributed by atoms with Crippen molar-refractivity contribution in [2.24, 2.45) is 0 Å². The summed E-state index contributed by atoms with van der Waals surface area (Å²) in [5.41, 5.74) is 0. The normalized spacial score (nSPS) is 34.1. The fraction of sp³-hybridized carbons (Fsp3) is 0.778. The van der Waals surface area contributed by atoms with E-state index in [-0.39, 0.29) is 6.04 Å². The Morgan fingerprint density at radius 2 is 2.07 bits per heavy atom. The van der Waals surface area contributed by atoms with Crippen LogP contribution >= 0.6 is 0 Å². The van der Waals surface area contributed by atoms with Crippen molar-refractivity contribution in [2.45, 2.75) is 38.8 Å². The summed E-state index contributed by atoms with van der Waals surface area (Å²) in [6.07, 6.45) is -0.941. The van der Waals surface area contributed by atoms with Gasteiger partial charge in [0.15, 0.2) is 6.10 Å². The van der Waals surface area contributed by atoms with Crippen LogP contribution in [0.5, 0.6) is 0 Å². The second-order valence-electron chi connectivity index (χ2n) is 3.88. The quantitative estimate of drug-likeness (QED) is 0.609. The van der Waals surface area contributed by atoms with Crippen LogP contribution in [0.25, 0.3) is 0 Å². The van der Waals surface area contributed by atoms with Crippen molar-refractivity contribution in [3.8, 4) is 0 Å². The SMILES string of the molecule is C[C@H](O)C(=O)[N+]1(C(=O)O)CCC[C@H]1C. The molecule has 1 unspecified atom stereocenters. The second kappa shape index (κ2) is 3.67. The molecule has 0 saturated carbocycles. The minimum atomic E-state index is -1.22. The topological polar surface area (TPSA) is 74.6 Å². The van der Waals surface area contributed by atoms with E-state index in [2.05, 4.69) is 0 Å². The summed E-state index contributed by atoms with van der Waals surface area (Å²) in [6.45, 7) is 3.35. The lowest BCUT2D eigenvalue weighted by Crippen LogP contribution is -2.61. The first-order valence-electron chi connectivity index (χ1n) is 4.76. The Labute approximate surface area is 82.5 Å². The summed E-state index contributed by atoms with van der Waals surface area (Å²) >= 11 is 0. The number of carbonyl (C=O) groups excluding carboxylic acids is 1. The van der Waals surface area contributed by atoms with Crippen molar-refractivity contribution in [2.75, 3.05) is 6.54 Å². The standard InChI is InChI=1S/C9H15NO4/c1-6-4-3-5-10(6,9(13)14)8(12)7(2)11/h6-7,11H,3-5H2,1-2H3/p+1/t6-,7+,10?/m1/s1. The van der Waals surface area contributed by atoms with Gasteiger partial charge in [-0.05, 0) is 13.8 Å². The number of amides is 2. The van der Waals surface area contributed by atoms with E-state index >= 15 is 0 Å². The molecule has 0 bridgehead atoms. The van der Waals surface area contributed by atoms with E-state index < -0.39 is 22.6 Å². The lowest BCUT2D eigenvalue weighted by atomic mass is 10.2. The Bertz CT molecular complexity index is 264. The Morgan fingerprint density at radius 3 is 2.36 bits per heavy atom. The van der Waals surface area contributed by atoms with Crippen LogP contribution in [0.4, 0.5) is 4.79 Å². The molecule has 5 nitrogen and oxygen atoms in total. The van der Waals surface area contributed by atoms with Gasteiger partial charge in [0, 0.05) is 12.8 Å². The molecule has 5 heteroatoms. The van der Waals surface area contributed by atoms with Crippen LogP contribution in [0.1, 0.15) is 26.7 Å². The smallest absolute Gasteiger partial charge is 0.435 e. The van der Waals surface area contributed by atoms with Gasteiger partial charge in [0.2, 0.25) is 0 Å². The molecule has 1 aliphatic heterocycles. The highest BCUT2D eigenvalue weighted by atomic mass is 16.4. The minimum Gasteiger partial charge on any atom is -0.435 e. The zero-order valence-electron chi connectivity index (χ0n) is 8.43. The average molecular weight is 202 g/mol. The van der Waals surface area contributed by atoms with Gasteiger partial charge in [0.1, 0.15) is 6.04 Å². The van der Waals surface area contributed by atoms with Crippen LogP contribution in [-0.4, -0.2) is 45.4 Å². The van der Waals surface area contributed by atoms with Gasteiger partial charge in [-0.2, -0.15) is 9.28 Å². The molecule has 3 atom stereocenters. The van der Waals surface area contributed by atoms with E-state index in [0.717, 1.165) is 0 Å². The molecule has 1 fully saturated rings. The Hall–Kier alpha value is -0.940. The van der Waals surface area contributed by atoms with Gasteiger partial charge in [0.05, 0.1) is 6.54 Å². The van der Waals surface area contributed by atoms with Gasteiger partial charge in [-0.15, -0.1) is 0 Å². The van der Waals surface area contributed by atoms with Gasteiger partial charge < -0.3 is 10.2 Å². The summed E-state index contributed by atoms with van der Waals surface area (Å²) in [6, 6.07) is -0.241. The Morgan fingerprint density at radius 1 is 1.50 bits per heavy atom. The van der Waals surface area contributed by atoms with E-state index in [0.29, 0.717) is 19.4 Å². The fourth-order valence-electron chi connectivity index (χ4n) is 2.12. The molecule has 1 saturated heterocycles. The van der Waals surface area contributed by atoms with Gasteiger partial charge >= 0.3 is 12.0 Å². The lowest BCUT2D eigenvalue weighted by Gasteiger charge is -2.30. The highest BCUT2D eigenvalue weighted by Gasteiger charge is 2.54. The first kappa shape index (κ1) is 11.1. The highest BCUT2D eigenvalue weighted by molar-refractivity contribution is 5.83. The molecule has 0 aliphatic carbocycles. The molecule has 0 radical (unpaired) electrons. The van der Waals surface area contributed by atoms with Crippen LogP contribution in [0.15, 0.2) is 0 Å². The van der Waals surface area contributed by atoms with Gasteiger partial charge in [-0.25, -0.2) is 4.79 Å². The molecule has 14 heavy (non-hydrogen) atoms. The molecule has 2 N–H and O–H groups in total. The maximum Gasteiger partial charge on any atom is 0.521 e. The van der Waals surface area contributed by atoms with Gasteiger partial charge in [-0.1, -0.05) is 0 Å². The number of hydrogen-bond donors (Lipinski definition) is 2. The second-order valence-corrected chi connectivity index (χ2v) is 3.88. The van der Waals surface area contributed by atoms with Crippen LogP contribution in [0, 0.1) is 0 Å². The minimum absolute atomic E-state index is 0.241. The summed E-state index contributed by atoms with van der Waals surface area (Å²) in [4.78, 5) is 22.8. The predicted octanol–water partition coefficient (Wildman–Crippen LogP) is 0.571. The zero-order chi connectivity index (χ0) is 10.9. The van der Waals surface area contributed by atoms with Gasteiger partial charge in [0.25, 0.3) is 0 Å². The molecule has 1 aliphatic rings. The molecule has 1 heterocycles. The number of carbonyl (C=O) groups is 2. The number of hydrogen-bond acceptors (Lipinski definition) is 3. The molecule has 0 aromatic heterocycles. The molecular weight excluding hydrogens is 186 g/mol. The van der Waals surface area contributed by atoms with Crippen molar-refractivity contribution in [1.82, 2.24) is 0 Å². The van der Waals surface area contributed by atoms with E-state index in [1.165, 1.54) is 6.92 Å². The molecular formula is C9H16NO4+. The number of rotatable bonds is 1. The number of nitrogens with zero attached hydrogens (tertiary/aromatic N) is 1. The molecule has 0 aromatic rings. The number of likely N-dealkylation sites (tertiary alicyclic amines) is 1. The van der Waals surface area contributed by atoms with Crippen molar-refractivity contribution < 1.29 is 24.3 Å². The van der Waals surface area contributed by atoms with Crippen molar-refractivity contribution in [3.05, 3.63) is 0 Å². The Balaban J connectivity index is 3.05. The summed E-state index contributed by atoms with van der Waals surface area (Å²) in [7, 11) is 0. The summed E-state index contributed by atoms with van der Waals surface area (Å²) < 4.78 is -0.613. The van der Waals surface area contributed by atoms with Crippen molar-refractivity contribution in [3.63, 3.8) is 0 Å².